The summed E-state index contributed by atoms with van der Waals surface area (Å²) in [6.45, 7) is 2.30. The van der Waals surface area contributed by atoms with E-state index in [9.17, 15) is 18.4 Å². The Labute approximate surface area is 218 Å². The van der Waals surface area contributed by atoms with Crippen LogP contribution in [0.1, 0.15) is 48.3 Å². The standard InChI is InChI=1S/C27H29F2N7O2/c28-18-6-7-23(20(29)13-18)36-16-22(33-34-36)26(38)31-21-8-12-35(14-17-4-5-17)15-19(21)25(37)32-27(9-10-27)24-3-1-2-11-30-24/h1-3,6-7,11,13,16-17,19,21H,4-5,8-10,12,14-15H2,(H,31,38)(H,32,37)/t19-,21-/m1/s1. The van der Waals surface area contributed by atoms with Crippen LogP contribution in [0.15, 0.2) is 48.8 Å². The third-order valence-electron chi connectivity index (χ3n) is 7.71. The predicted molar refractivity (Wildman–Crippen MR) is 133 cm³/mol. The molecule has 0 radical (unpaired) electrons. The van der Waals surface area contributed by atoms with Crippen LogP contribution in [-0.2, 0) is 10.3 Å². The van der Waals surface area contributed by atoms with E-state index in [1.807, 2.05) is 18.2 Å². The van der Waals surface area contributed by atoms with E-state index in [1.54, 1.807) is 6.20 Å². The summed E-state index contributed by atoms with van der Waals surface area (Å²) in [6.07, 6.45) is 7.74. The van der Waals surface area contributed by atoms with E-state index < -0.39 is 35.0 Å². The zero-order valence-electron chi connectivity index (χ0n) is 20.8. The molecule has 1 aliphatic heterocycles. The van der Waals surface area contributed by atoms with Crippen LogP contribution in [0, 0.1) is 23.5 Å². The molecule has 11 heteroatoms. The van der Waals surface area contributed by atoms with Gasteiger partial charge in [-0.3, -0.25) is 14.6 Å². The lowest BCUT2D eigenvalue weighted by molar-refractivity contribution is -0.128. The highest BCUT2D eigenvalue weighted by atomic mass is 19.1. The number of hydrogen-bond donors (Lipinski definition) is 2. The van der Waals surface area contributed by atoms with E-state index in [2.05, 4.69) is 30.8 Å². The molecule has 2 aromatic heterocycles. The lowest BCUT2D eigenvalue weighted by atomic mass is 9.90. The molecule has 2 atom stereocenters. The van der Waals surface area contributed by atoms with Crippen LogP contribution in [0.2, 0.25) is 0 Å². The van der Waals surface area contributed by atoms with Gasteiger partial charge in [0.25, 0.3) is 5.91 Å². The van der Waals surface area contributed by atoms with Crippen LogP contribution in [0.4, 0.5) is 8.78 Å². The maximum absolute atomic E-state index is 14.2. The molecule has 2 aliphatic carbocycles. The first-order chi connectivity index (χ1) is 18.4. The Balaban J connectivity index is 1.17. The number of rotatable bonds is 8. The fraction of sp³-hybridized carbons (Fsp3) is 0.444. The highest BCUT2D eigenvalue weighted by Crippen LogP contribution is 2.45. The Morgan fingerprint density at radius 2 is 1.95 bits per heavy atom. The largest absolute Gasteiger partial charge is 0.347 e. The molecule has 3 heterocycles. The van der Waals surface area contributed by atoms with E-state index in [0.717, 1.165) is 48.4 Å². The quantitative estimate of drug-likeness (QED) is 0.472. The SMILES string of the molecule is O=C(N[C@@H]1CCN(CC2CC2)C[C@H]1C(=O)NC1(c2ccccn2)CC1)c1cn(-c2ccc(F)cc2F)nn1. The number of halogens is 2. The maximum atomic E-state index is 14.2. The number of nitrogens with zero attached hydrogens (tertiary/aromatic N) is 5. The topological polar surface area (TPSA) is 105 Å². The molecule has 6 rings (SSSR count). The van der Waals surface area contributed by atoms with Gasteiger partial charge >= 0.3 is 0 Å². The van der Waals surface area contributed by atoms with Crippen LogP contribution in [0.5, 0.6) is 0 Å². The third-order valence-corrected chi connectivity index (χ3v) is 7.71. The molecule has 0 bridgehead atoms. The summed E-state index contributed by atoms with van der Waals surface area (Å²) in [4.78, 5) is 33.5. The molecular weight excluding hydrogens is 492 g/mol. The fourth-order valence-corrected chi connectivity index (χ4v) is 5.23. The Bertz CT molecular complexity index is 1340. The molecule has 3 aliphatic rings. The molecular formula is C27H29F2N7O2. The second kappa shape index (κ2) is 9.86. The molecule has 1 aromatic carbocycles. The summed E-state index contributed by atoms with van der Waals surface area (Å²) in [7, 11) is 0. The van der Waals surface area contributed by atoms with E-state index in [0.29, 0.717) is 18.9 Å². The number of pyridine rings is 1. The molecule has 0 unspecified atom stereocenters. The van der Waals surface area contributed by atoms with Gasteiger partial charge in [-0.05, 0) is 62.3 Å². The van der Waals surface area contributed by atoms with E-state index in [-0.39, 0.29) is 17.3 Å². The molecule has 1 saturated heterocycles. The molecule has 3 aromatic rings. The molecule has 2 saturated carbocycles. The van der Waals surface area contributed by atoms with E-state index in [1.165, 1.54) is 25.1 Å². The first-order valence-electron chi connectivity index (χ1n) is 13.0. The van der Waals surface area contributed by atoms with Crippen molar-refractivity contribution in [1.82, 2.24) is 35.5 Å². The number of carbonyl (C=O) groups is 2. The summed E-state index contributed by atoms with van der Waals surface area (Å²) in [6, 6.07) is 8.38. The summed E-state index contributed by atoms with van der Waals surface area (Å²) in [5, 5.41) is 13.9. The van der Waals surface area contributed by atoms with Gasteiger partial charge in [-0.15, -0.1) is 5.10 Å². The van der Waals surface area contributed by atoms with Crippen molar-refractivity contribution < 1.29 is 18.4 Å². The summed E-state index contributed by atoms with van der Waals surface area (Å²) in [5.74, 6) is -1.88. The third kappa shape index (κ3) is 5.15. The van der Waals surface area contributed by atoms with Gasteiger partial charge in [0, 0.05) is 37.9 Å². The Morgan fingerprint density at radius 3 is 2.66 bits per heavy atom. The number of likely N-dealkylation sites (tertiary alicyclic amines) is 1. The highest BCUT2D eigenvalue weighted by molar-refractivity contribution is 5.93. The lowest BCUT2D eigenvalue weighted by Gasteiger charge is -2.38. The molecule has 2 amide bonds. The molecule has 9 nitrogen and oxygen atoms in total. The number of amides is 2. The summed E-state index contributed by atoms with van der Waals surface area (Å²) < 4.78 is 28.5. The van der Waals surface area contributed by atoms with Gasteiger partial charge in [-0.2, -0.15) is 0 Å². The monoisotopic (exact) mass is 521 g/mol. The van der Waals surface area contributed by atoms with Crippen LogP contribution < -0.4 is 10.6 Å². The van der Waals surface area contributed by atoms with Crippen molar-refractivity contribution in [2.75, 3.05) is 19.6 Å². The number of nitrogens with one attached hydrogen (secondary N) is 2. The normalized spacial score (nSPS) is 22.6. The van der Waals surface area contributed by atoms with E-state index >= 15 is 0 Å². The van der Waals surface area contributed by atoms with Crippen molar-refractivity contribution in [3.8, 4) is 5.69 Å². The highest BCUT2D eigenvalue weighted by Gasteiger charge is 2.49. The van der Waals surface area contributed by atoms with Gasteiger partial charge < -0.3 is 15.5 Å². The number of piperidine rings is 1. The van der Waals surface area contributed by atoms with Crippen molar-refractivity contribution in [2.45, 2.75) is 43.7 Å². The van der Waals surface area contributed by atoms with Gasteiger partial charge in [0.2, 0.25) is 5.91 Å². The smallest absolute Gasteiger partial charge is 0.273 e. The van der Waals surface area contributed by atoms with Gasteiger partial charge in [0.15, 0.2) is 11.5 Å². The Hall–Kier alpha value is -3.73. The average molecular weight is 522 g/mol. The second-order valence-corrected chi connectivity index (χ2v) is 10.6. The van der Waals surface area contributed by atoms with Crippen molar-refractivity contribution >= 4 is 11.8 Å². The van der Waals surface area contributed by atoms with Crippen LogP contribution in [0.25, 0.3) is 5.69 Å². The number of aromatic nitrogens is 4. The number of hydrogen-bond acceptors (Lipinski definition) is 6. The molecule has 38 heavy (non-hydrogen) atoms. The minimum Gasteiger partial charge on any atom is -0.347 e. The maximum Gasteiger partial charge on any atom is 0.273 e. The Morgan fingerprint density at radius 1 is 1.11 bits per heavy atom. The van der Waals surface area contributed by atoms with E-state index in [4.69, 9.17) is 0 Å². The summed E-state index contributed by atoms with van der Waals surface area (Å²) in [5.41, 5.74) is 0.366. The second-order valence-electron chi connectivity index (χ2n) is 10.6. The van der Waals surface area contributed by atoms with Crippen LogP contribution in [0.3, 0.4) is 0 Å². The van der Waals surface area contributed by atoms with Gasteiger partial charge in [-0.1, -0.05) is 11.3 Å². The zero-order valence-corrected chi connectivity index (χ0v) is 20.8. The minimum atomic E-state index is -0.816. The molecule has 2 N–H and O–H groups in total. The van der Waals surface area contributed by atoms with Crippen molar-refractivity contribution in [1.29, 1.82) is 0 Å². The Kier molecular flexibility index (Phi) is 6.38. The first-order valence-corrected chi connectivity index (χ1v) is 13.0. The van der Waals surface area contributed by atoms with Gasteiger partial charge in [0.1, 0.15) is 11.5 Å². The zero-order chi connectivity index (χ0) is 26.3. The minimum absolute atomic E-state index is 0.0135. The first kappa shape index (κ1) is 24.6. The molecule has 198 valence electrons. The molecule has 0 spiro atoms. The number of carbonyl (C=O) groups excluding carboxylic acids is 2. The fourth-order valence-electron chi connectivity index (χ4n) is 5.23. The van der Waals surface area contributed by atoms with Crippen molar-refractivity contribution in [2.24, 2.45) is 11.8 Å². The number of benzene rings is 1. The average Bonchev–Trinajstić information content (AvgIpc) is 3.84. The molecule has 3 fully saturated rings. The van der Waals surface area contributed by atoms with Crippen molar-refractivity contribution in [3.63, 3.8) is 0 Å². The lowest BCUT2D eigenvalue weighted by Crippen LogP contribution is -2.57. The van der Waals surface area contributed by atoms with Gasteiger partial charge in [-0.25, -0.2) is 13.5 Å². The van der Waals surface area contributed by atoms with Crippen LogP contribution >= 0.6 is 0 Å². The van der Waals surface area contributed by atoms with Gasteiger partial charge in [0.05, 0.1) is 23.3 Å². The van der Waals surface area contributed by atoms with Crippen LogP contribution in [-0.4, -0.2) is 62.4 Å². The van der Waals surface area contributed by atoms with Crippen molar-refractivity contribution in [3.05, 3.63) is 71.8 Å². The summed E-state index contributed by atoms with van der Waals surface area (Å²) >= 11 is 0. The predicted octanol–water partition coefficient (Wildman–Crippen LogP) is 2.58.